The van der Waals surface area contributed by atoms with Gasteiger partial charge in [-0.2, -0.15) is 0 Å². The molecule has 1 amide bonds. The van der Waals surface area contributed by atoms with Crippen molar-refractivity contribution in [3.05, 3.63) is 42.2 Å². The summed E-state index contributed by atoms with van der Waals surface area (Å²) in [5, 5.41) is 16.0. The molecule has 0 radical (unpaired) electrons. The van der Waals surface area contributed by atoms with Crippen molar-refractivity contribution >= 4 is 21.6 Å². The van der Waals surface area contributed by atoms with Crippen LogP contribution in [0.2, 0.25) is 0 Å². The average molecular weight is 383 g/mol. The molecule has 4 N–H and O–H groups in total. The number of aliphatic hydroxyl groups is 1. The van der Waals surface area contributed by atoms with Crippen molar-refractivity contribution in [1.82, 2.24) is 10.6 Å². The molecule has 144 valence electrons. The van der Waals surface area contributed by atoms with Gasteiger partial charge in [-0.3, -0.25) is 9.52 Å². The monoisotopic (exact) mass is 383 g/mol. The summed E-state index contributed by atoms with van der Waals surface area (Å²) in [5.74, 6) is -0.130. The maximum atomic E-state index is 11.9. The van der Waals surface area contributed by atoms with Gasteiger partial charge in [0.2, 0.25) is 15.9 Å². The van der Waals surface area contributed by atoms with Crippen molar-refractivity contribution in [3.63, 3.8) is 0 Å². The van der Waals surface area contributed by atoms with Crippen molar-refractivity contribution in [2.24, 2.45) is 0 Å². The number of amides is 1. The molecule has 1 aromatic rings. The Morgan fingerprint density at radius 3 is 2.62 bits per heavy atom. The molecule has 1 aromatic carbocycles. The van der Waals surface area contributed by atoms with E-state index < -0.39 is 21.9 Å². The third kappa shape index (κ3) is 6.66. The summed E-state index contributed by atoms with van der Waals surface area (Å²) in [6.07, 6.45) is 4.64. The van der Waals surface area contributed by atoms with Gasteiger partial charge in [0.25, 0.3) is 0 Å². The molecule has 0 saturated heterocycles. The van der Waals surface area contributed by atoms with Crippen LogP contribution in [-0.2, 0) is 19.6 Å². The van der Waals surface area contributed by atoms with Gasteiger partial charge in [0.05, 0.1) is 18.6 Å². The van der Waals surface area contributed by atoms with Gasteiger partial charge in [-0.15, -0.1) is 0 Å². The molecule has 0 aromatic heterocycles. The van der Waals surface area contributed by atoms with E-state index in [1.165, 1.54) is 0 Å². The Morgan fingerprint density at radius 1 is 1.35 bits per heavy atom. The van der Waals surface area contributed by atoms with Crippen molar-refractivity contribution in [2.45, 2.75) is 31.6 Å². The van der Waals surface area contributed by atoms with Crippen molar-refractivity contribution in [3.8, 4) is 0 Å². The van der Waals surface area contributed by atoms with Gasteiger partial charge >= 0.3 is 0 Å². The zero-order chi connectivity index (χ0) is 19.2. The summed E-state index contributed by atoms with van der Waals surface area (Å²) in [4.78, 5) is 11.9. The standard InChI is InChI=1S/C17H25N3O5S/c1-17(9-3-11-25-17)19-16(22)8-10-18-12-15(21)13-4-6-14(7-5-13)20-26(2,23)24/h3-7,11,15,18,20-21H,8-10,12H2,1-2H3,(H,19,22). The molecule has 8 nitrogen and oxygen atoms in total. The van der Waals surface area contributed by atoms with Crippen LogP contribution in [0.4, 0.5) is 5.69 Å². The molecule has 26 heavy (non-hydrogen) atoms. The Hall–Kier alpha value is -2.10. The second-order valence-electron chi connectivity index (χ2n) is 6.44. The molecule has 9 heteroatoms. The SMILES string of the molecule is CC1(NC(=O)CCNCC(O)c2ccc(NS(C)(=O)=O)cc2)CC=CO1. The molecule has 1 aliphatic heterocycles. The van der Waals surface area contributed by atoms with Crippen molar-refractivity contribution < 1.29 is 23.1 Å². The highest BCUT2D eigenvalue weighted by Gasteiger charge is 2.28. The van der Waals surface area contributed by atoms with Gasteiger partial charge in [-0.05, 0) is 30.7 Å². The molecule has 0 spiro atoms. The van der Waals surface area contributed by atoms with E-state index in [9.17, 15) is 18.3 Å². The summed E-state index contributed by atoms with van der Waals surface area (Å²) >= 11 is 0. The summed E-state index contributed by atoms with van der Waals surface area (Å²) < 4.78 is 30.0. The maximum absolute atomic E-state index is 11.9. The first-order chi connectivity index (χ1) is 12.2. The van der Waals surface area contributed by atoms with E-state index in [0.29, 0.717) is 24.2 Å². The lowest BCUT2D eigenvalue weighted by Crippen LogP contribution is -2.46. The van der Waals surface area contributed by atoms with Gasteiger partial charge < -0.3 is 20.5 Å². The van der Waals surface area contributed by atoms with Crippen LogP contribution in [0.5, 0.6) is 0 Å². The van der Waals surface area contributed by atoms with Gasteiger partial charge in [-0.1, -0.05) is 12.1 Å². The molecule has 2 atom stereocenters. The Morgan fingerprint density at radius 2 is 2.04 bits per heavy atom. The predicted octanol–water partition coefficient (Wildman–Crippen LogP) is 0.838. The second kappa shape index (κ2) is 8.52. The highest BCUT2D eigenvalue weighted by molar-refractivity contribution is 7.92. The van der Waals surface area contributed by atoms with E-state index >= 15 is 0 Å². The smallest absolute Gasteiger partial charge is 0.229 e. The normalized spacial score (nSPS) is 20.4. The largest absolute Gasteiger partial charge is 0.476 e. The van der Waals surface area contributed by atoms with E-state index in [4.69, 9.17) is 4.74 Å². The lowest BCUT2D eigenvalue weighted by molar-refractivity contribution is -0.127. The van der Waals surface area contributed by atoms with Crippen LogP contribution in [-0.4, -0.2) is 44.5 Å². The zero-order valence-electron chi connectivity index (χ0n) is 14.9. The third-order valence-electron chi connectivity index (χ3n) is 3.80. The van der Waals surface area contributed by atoms with Crippen LogP contribution in [0, 0.1) is 0 Å². The minimum atomic E-state index is -3.32. The topological polar surface area (TPSA) is 117 Å². The lowest BCUT2D eigenvalue weighted by Gasteiger charge is -2.25. The number of rotatable bonds is 9. The summed E-state index contributed by atoms with van der Waals surface area (Å²) in [7, 11) is -3.32. The number of hydrogen-bond donors (Lipinski definition) is 4. The first-order valence-electron chi connectivity index (χ1n) is 8.27. The second-order valence-corrected chi connectivity index (χ2v) is 8.19. The van der Waals surface area contributed by atoms with Crippen LogP contribution in [0.3, 0.4) is 0 Å². The molecule has 0 bridgehead atoms. The molecule has 0 saturated carbocycles. The number of anilines is 1. The summed E-state index contributed by atoms with van der Waals surface area (Å²) in [6.45, 7) is 2.51. The Bertz CT molecular complexity index is 738. The molecule has 2 unspecified atom stereocenters. The molecule has 2 rings (SSSR count). The van der Waals surface area contributed by atoms with Crippen LogP contribution in [0.25, 0.3) is 0 Å². The Labute approximate surface area is 153 Å². The summed E-state index contributed by atoms with van der Waals surface area (Å²) in [6, 6.07) is 6.47. The van der Waals surface area contributed by atoms with E-state index in [1.54, 1.807) is 30.5 Å². The van der Waals surface area contributed by atoms with Gasteiger partial charge in [0.15, 0.2) is 5.72 Å². The fourth-order valence-corrected chi connectivity index (χ4v) is 3.07. The van der Waals surface area contributed by atoms with Gasteiger partial charge in [0.1, 0.15) is 0 Å². The molecule has 0 fully saturated rings. The Kier molecular flexibility index (Phi) is 6.63. The Balaban J connectivity index is 1.69. The fourth-order valence-electron chi connectivity index (χ4n) is 2.50. The lowest BCUT2D eigenvalue weighted by atomic mass is 10.1. The van der Waals surface area contributed by atoms with Crippen LogP contribution in [0.1, 0.15) is 31.4 Å². The first kappa shape index (κ1) is 20.2. The average Bonchev–Trinajstić information content (AvgIpc) is 2.96. The van der Waals surface area contributed by atoms with E-state index in [0.717, 1.165) is 6.26 Å². The number of carbonyl (C=O) groups is 1. The third-order valence-corrected chi connectivity index (χ3v) is 4.41. The number of hydrogen-bond acceptors (Lipinski definition) is 6. The number of nitrogens with one attached hydrogen (secondary N) is 3. The minimum Gasteiger partial charge on any atom is -0.476 e. The van der Waals surface area contributed by atoms with E-state index in [2.05, 4.69) is 15.4 Å². The highest BCUT2D eigenvalue weighted by Crippen LogP contribution is 2.19. The fraction of sp³-hybridized carbons (Fsp3) is 0.471. The van der Waals surface area contributed by atoms with E-state index in [-0.39, 0.29) is 18.9 Å². The number of carbonyl (C=O) groups excluding carboxylic acids is 1. The van der Waals surface area contributed by atoms with Crippen LogP contribution in [0.15, 0.2) is 36.6 Å². The maximum Gasteiger partial charge on any atom is 0.229 e. The quantitative estimate of drug-likeness (QED) is 0.470. The van der Waals surface area contributed by atoms with Crippen LogP contribution >= 0.6 is 0 Å². The minimum absolute atomic E-state index is 0.130. The molecular weight excluding hydrogens is 358 g/mol. The molecule has 1 aliphatic rings. The molecule has 0 aliphatic carbocycles. The number of aliphatic hydroxyl groups excluding tert-OH is 1. The summed E-state index contributed by atoms with van der Waals surface area (Å²) in [5.41, 5.74) is 0.419. The van der Waals surface area contributed by atoms with E-state index in [1.807, 2.05) is 13.0 Å². The van der Waals surface area contributed by atoms with Crippen LogP contribution < -0.4 is 15.4 Å². The van der Waals surface area contributed by atoms with Gasteiger partial charge in [-0.25, -0.2) is 8.42 Å². The molecular formula is C17H25N3O5S. The highest BCUT2D eigenvalue weighted by atomic mass is 32.2. The zero-order valence-corrected chi connectivity index (χ0v) is 15.7. The number of ether oxygens (including phenoxy) is 1. The predicted molar refractivity (Wildman–Crippen MR) is 98.7 cm³/mol. The van der Waals surface area contributed by atoms with Crippen molar-refractivity contribution in [1.29, 1.82) is 0 Å². The number of benzene rings is 1. The number of sulfonamides is 1. The van der Waals surface area contributed by atoms with Gasteiger partial charge in [0, 0.05) is 31.6 Å². The molecule has 1 heterocycles. The first-order valence-corrected chi connectivity index (χ1v) is 10.2. The van der Waals surface area contributed by atoms with Crippen molar-refractivity contribution in [2.75, 3.05) is 24.1 Å².